The van der Waals surface area contributed by atoms with Crippen LogP contribution in [0.15, 0.2) is 0 Å². The van der Waals surface area contributed by atoms with Gasteiger partial charge in [0.2, 0.25) is 0 Å². The van der Waals surface area contributed by atoms with Crippen molar-refractivity contribution in [3.8, 4) is 0 Å². The van der Waals surface area contributed by atoms with Gasteiger partial charge in [-0.3, -0.25) is 9.11 Å². The summed E-state index contributed by atoms with van der Waals surface area (Å²) in [5, 5.41) is 8.08. The van der Waals surface area contributed by atoms with Crippen LogP contribution in [0.3, 0.4) is 0 Å². The van der Waals surface area contributed by atoms with E-state index in [1.54, 1.807) is 0 Å². The largest absolute Gasteiger partial charge is 0.394 e. The van der Waals surface area contributed by atoms with Gasteiger partial charge in [-0.2, -0.15) is 8.42 Å². The van der Waals surface area contributed by atoms with E-state index in [0.717, 1.165) is 6.61 Å². The molecule has 0 aromatic rings. The van der Waals surface area contributed by atoms with E-state index in [0.29, 0.717) is 0 Å². The summed E-state index contributed by atoms with van der Waals surface area (Å²) in [5.41, 5.74) is 0. The maximum Gasteiger partial charge on any atom is 0.394 e. The third-order valence-corrected chi connectivity index (χ3v) is 0.606. The zero-order valence-electron chi connectivity index (χ0n) is 4.97. The predicted molar refractivity (Wildman–Crippen MR) is 31.0 cm³/mol. The quantitative estimate of drug-likeness (QED) is 0.336. The Morgan fingerprint density at radius 2 is 1.80 bits per heavy atom. The first kappa shape index (κ1) is 9.79. The van der Waals surface area contributed by atoms with Gasteiger partial charge >= 0.3 is 10.4 Å². The Hall–Kier alpha value is -0.210. The van der Waals surface area contributed by atoms with E-state index >= 15 is 0 Å². The molecule has 0 aromatic heterocycles. The molecular weight excluding hydrogens is 164 g/mol. The Balaban J connectivity index is 0.000000162. The Bertz CT molecular complexity index is 159. The highest BCUT2D eigenvalue weighted by Gasteiger charge is 2.19. The highest BCUT2D eigenvalue weighted by molar-refractivity contribution is 7.79. The van der Waals surface area contributed by atoms with Crippen molar-refractivity contribution in [1.82, 2.24) is 0 Å². The van der Waals surface area contributed by atoms with Crippen molar-refractivity contribution in [3.05, 3.63) is 0 Å². The minimum Gasteiger partial charge on any atom is -0.394 e. The molecule has 0 amide bonds. The first-order valence-corrected chi connectivity index (χ1v) is 3.75. The van der Waals surface area contributed by atoms with Crippen LogP contribution < -0.4 is 0 Å². The van der Waals surface area contributed by atoms with Crippen molar-refractivity contribution >= 4 is 10.4 Å². The monoisotopic (exact) mass is 172 g/mol. The Labute approximate surface area is 58.0 Å². The predicted octanol–water partition coefficient (Wildman–Crippen LogP) is -1.28. The van der Waals surface area contributed by atoms with Crippen molar-refractivity contribution < 1.29 is 27.4 Å². The summed E-state index contributed by atoms with van der Waals surface area (Å²) < 4.78 is 36.2. The average molecular weight is 172 g/mol. The van der Waals surface area contributed by atoms with Crippen LogP contribution in [0, 0.1) is 0 Å². The van der Waals surface area contributed by atoms with Crippen molar-refractivity contribution in [2.24, 2.45) is 0 Å². The summed E-state index contributed by atoms with van der Waals surface area (Å²) in [6.07, 6.45) is 0.190. The zero-order chi connectivity index (χ0) is 8.20. The van der Waals surface area contributed by atoms with Gasteiger partial charge in [-0.1, -0.05) is 0 Å². The van der Waals surface area contributed by atoms with Crippen LogP contribution in [0.5, 0.6) is 0 Å². The average Bonchev–Trinajstić information content (AvgIpc) is 2.39. The van der Waals surface area contributed by atoms with Gasteiger partial charge in [-0.25, -0.2) is 0 Å². The molecule has 1 atom stereocenters. The molecule has 3 N–H and O–H groups in total. The van der Waals surface area contributed by atoms with E-state index in [9.17, 15) is 0 Å². The lowest BCUT2D eigenvalue weighted by molar-refractivity contribution is 0.244. The number of epoxide rings is 1. The fraction of sp³-hybridized carbons (Fsp3) is 1.00. The molecule has 1 unspecified atom stereocenters. The van der Waals surface area contributed by atoms with Gasteiger partial charge in [0, 0.05) is 0 Å². The highest BCUT2D eigenvalue weighted by atomic mass is 32.3. The van der Waals surface area contributed by atoms with Gasteiger partial charge in [0.05, 0.1) is 13.2 Å². The number of rotatable bonds is 1. The van der Waals surface area contributed by atoms with E-state index < -0.39 is 10.4 Å². The summed E-state index contributed by atoms with van der Waals surface area (Å²) >= 11 is 0. The molecule has 6 nitrogen and oxygen atoms in total. The molecule has 0 spiro atoms. The second kappa shape index (κ2) is 3.84. The van der Waals surface area contributed by atoms with Crippen LogP contribution in [0.2, 0.25) is 0 Å². The molecule has 0 saturated carbocycles. The van der Waals surface area contributed by atoms with Crippen LogP contribution in [0.1, 0.15) is 0 Å². The Kier molecular flexibility index (Phi) is 3.76. The Morgan fingerprint density at radius 1 is 1.50 bits per heavy atom. The lowest BCUT2D eigenvalue weighted by atomic mass is 10.5. The second-order valence-corrected chi connectivity index (χ2v) is 2.48. The first-order chi connectivity index (χ1) is 4.43. The Morgan fingerprint density at radius 3 is 1.80 bits per heavy atom. The van der Waals surface area contributed by atoms with E-state index in [2.05, 4.69) is 4.74 Å². The molecule has 1 aliphatic heterocycles. The SMILES string of the molecule is O=S(=O)(O)O.OCC1CO1. The van der Waals surface area contributed by atoms with Crippen molar-refractivity contribution in [2.45, 2.75) is 6.10 Å². The molecule has 0 radical (unpaired) electrons. The van der Waals surface area contributed by atoms with Gasteiger partial charge in [0.1, 0.15) is 6.10 Å². The maximum atomic E-state index is 8.74. The van der Waals surface area contributed by atoms with Crippen LogP contribution in [0.25, 0.3) is 0 Å². The smallest absolute Gasteiger partial charge is 0.394 e. The minimum atomic E-state index is -4.67. The van der Waals surface area contributed by atoms with E-state index in [-0.39, 0.29) is 12.7 Å². The summed E-state index contributed by atoms with van der Waals surface area (Å²) in [4.78, 5) is 0. The van der Waals surface area contributed by atoms with Gasteiger partial charge < -0.3 is 9.84 Å². The summed E-state index contributed by atoms with van der Waals surface area (Å²) in [5.74, 6) is 0. The lowest BCUT2D eigenvalue weighted by Crippen LogP contribution is -1.89. The molecule has 0 aromatic carbocycles. The van der Waals surface area contributed by atoms with Crippen molar-refractivity contribution in [2.75, 3.05) is 13.2 Å². The molecule has 1 aliphatic rings. The standard InChI is InChI=1S/C3H6O2.H2O4S/c4-1-3-2-5-3;1-5(2,3)4/h3-4H,1-2H2;(H2,1,2,3,4). The third kappa shape index (κ3) is 15.7. The number of aliphatic hydroxyl groups is 1. The van der Waals surface area contributed by atoms with Crippen molar-refractivity contribution in [1.29, 1.82) is 0 Å². The molecule has 1 saturated heterocycles. The van der Waals surface area contributed by atoms with E-state index in [4.69, 9.17) is 22.6 Å². The fourth-order valence-corrected chi connectivity index (χ4v) is 0.173. The number of hydrogen-bond donors (Lipinski definition) is 3. The minimum absolute atomic E-state index is 0.190. The number of ether oxygens (including phenoxy) is 1. The summed E-state index contributed by atoms with van der Waals surface area (Å²) in [7, 11) is -4.67. The van der Waals surface area contributed by atoms with Crippen LogP contribution in [-0.4, -0.2) is 41.9 Å². The summed E-state index contributed by atoms with van der Waals surface area (Å²) in [6.45, 7) is 0.955. The van der Waals surface area contributed by atoms with Gasteiger partial charge in [0.15, 0.2) is 0 Å². The maximum absolute atomic E-state index is 8.74. The zero-order valence-corrected chi connectivity index (χ0v) is 5.78. The highest BCUT2D eigenvalue weighted by Crippen LogP contribution is 2.04. The number of aliphatic hydroxyl groups excluding tert-OH is 1. The molecule has 1 heterocycles. The third-order valence-electron chi connectivity index (χ3n) is 0.606. The molecule has 0 bridgehead atoms. The molecule has 1 fully saturated rings. The van der Waals surface area contributed by atoms with Gasteiger partial charge in [-0.15, -0.1) is 0 Å². The molecule has 1 rings (SSSR count). The molecule has 62 valence electrons. The van der Waals surface area contributed by atoms with Crippen LogP contribution >= 0.6 is 0 Å². The molecule has 10 heavy (non-hydrogen) atoms. The van der Waals surface area contributed by atoms with Crippen molar-refractivity contribution in [3.63, 3.8) is 0 Å². The topological polar surface area (TPSA) is 107 Å². The van der Waals surface area contributed by atoms with E-state index in [1.165, 1.54) is 0 Å². The molecule has 0 aliphatic carbocycles. The van der Waals surface area contributed by atoms with Gasteiger partial charge in [-0.05, 0) is 0 Å². The normalized spacial score (nSPS) is 22.9. The van der Waals surface area contributed by atoms with Crippen LogP contribution in [0.4, 0.5) is 0 Å². The van der Waals surface area contributed by atoms with Crippen LogP contribution in [-0.2, 0) is 15.1 Å². The fourth-order valence-electron chi connectivity index (χ4n) is 0.173. The molecule has 7 heteroatoms. The lowest BCUT2D eigenvalue weighted by Gasteiger charge is -1.70. The van der Waals surface area contributed by atoms with E-state index in [1.807, 2.05) is 0 Å². The molecular formula is C3H8O6S. The first-order valence-electron chi connectivity index (χ1n) is 2.36. The summed E-state index contributed by atoms with van der Waals surface area (Å²) in [6, 6.07) is 0. The number of hydrogen-bond acceptors (Lipinski definition) is 4. The van der Waals surface area contributed by atoms with Gasteiger partial charge in [0.25, 0.3) is 0 Å². The second-order valence-electron chi connectivity index (χ2n) is 1.59.